The second-order valence-electron chi connectivity index (χ2n) is 4.79. The van der Waals surface area contributed by atoms with E-state index in [1.807, 2.05) is 30.3 Å². The van der Waals surface area contributed by atoms with Crippen molar-refractivity contribution in [3.8, 4) is 5.75 Å². The van der Waals surface area contributed by atoms with Crippen LogP contribution >= 0.6 is 11.6 Å². The summed E-state index contributed by atoms with van der Waals surface area (Å²) in [5.41, 5.74) is 7.96. The van der Waals surface area contributed by atoms with E-state index in [2.05, 4.69) is 17.2 Å². The first kappa shape index (κ1) is 15.6. The highest BCUT2D eigenvalue weighted by Crippen LogP contribution is 2.30. The second-order valence-corrected chi connectivity index (χ2v) is 5.23. The van der Waals surface area contributed by atoms with E-state index >= 15 is 0 Å². The van der Waals surface area contributed by atoms with E-state index in [0.717, 1.165) is 29.8 Å². The fourth-order valence-corrected chi connectivity index (χ4v) is 2.53. The summed E-state index contributed by atoms with van der Waals surface area (Å²) in [7, 11) is 1.66. The minimum absolute atomic E-state index is 0.129. The summed E-state index contributed by atoms with van der Waals surface area (Å²) in [5, 5.41) is 4.14. The van der Waals surface area contributed by atoms with Gasteiger partial charge in [-0.3, -0.25) is 0 Å². The molecule has 1 aromatic carbocycles. The number of methoxy groups -OCH3 is 1. The van der Waals surface area contributed by atoms with Crippen LogP contribution in [0.15, 0.2) is 36.5 Å². The molecule has 21 heavy (non-hydrogen) atoms. The van der Waals surface area contributed by atoms with Gasteiger partial charge in [0.15, 0.2) is 0 Å². The van der Waals surface area contributed by atoms with Crippen molar-refractivity contribution >= 4 is 17.4 Å². The van der Waals surface area contributed by atoms with Gasteiger partial charge < -0.3 is 15.8 Å². The lowest BCUT2D eigenvalue weighted by molar-refractivity contribution is 0.399. The number of benzene rings is 1. The quantitative estimate of drug-likeness (QED) is 0.860. The molecule has 112 valence electrons. The van der Waals surface area contributed by atoms with Gasteiger partial charge in [-0.2, -0.15) is 0 Å². The third kappa shape index (κ3) is 4.09. The molecular formula is C16H20ClN3O. The standard InChI is InChI=1S/C16H20ClN3O/c1-3-19-14(8-11-6-7-20-16(18)9-11)13-5-4-12(17)10-15(13)21-2/h4-7,9-10,14,19H,3,8H2,1-2H3,(H2,18,20). The Labute approximate surface area is 130 Å². The van der Waals surface area contributed by atoms with Crippen LogP contribution in [0.25, 0.3) is 0 Å². The van der Waals surface area contributed by atoms with Gasteiger partial charge in [-0.15, -0.1) is 0 Å². The van der Waals surface area contributed by atoms with Gasteiger partial charge in [0.05, 0.1) is 7.11 Å². The first-order chi connectivity index (χ1) is 10.1. The normalized spacial score (nSPS) is 12.1. The van der Waals surface area contributed by atoms with Crippen LogP contribution in [-0.2, 0) is 6.42 Å². The van der Waals surface area contributed by atoms with Crippen LogP contribution in [0.3, 0.4) is 0 Å². The maximum atomic E-state index is 6.03. The molecule has 0 amide bonds. The van der Waals surface area contributed by atoms with Crippen molar-refractivity contribution < 1.29 is 4.74 Å². The molecule has 2 rings (SSSR count). The van der Waals surface area contributed by atoms with Crippen molar-refractivity contribution in [2.24, 2.45) is 0 Å². The summed E-state index contributed by atoms with van der Waals surface area (Å²) < 4.78 is 5.45. The molecule has 5 heteroatoms. The number of ether oxygens (including phenoxy) is 1. The highest BCUT2D eigenvalue weighted by atomic mass is 35.5. The van der Waals surface area contributed by atoms with Crippen LogP contribution < -0.4 is 15.8 Å². The summed E-state index contributed by atoms with van der Waals surface area (Å²) in [6, 6.07) is 9.71. The van der Waals surface area contributed by atoms with Gasteiger partial charge in [-0.1, -0.05) is 24.6 Å². The number of halogens is 1. The van der Waals surface area contributed by atoms with Crippen molar-refractivity contribution in [1.29, 1.82) is 0 Å². The number of nitrogen functional groups attached to an aromatic ring is 1. The number of hydrogen-bond donors (Lipinski definition) is 2. The van der Waals surface area contributed by atoms with Crippen LogP contribution in [0, 0.1) is 0 Å². The third-order valence-electron chi connectivity index (χ3n) is 3.31. The van der Waals surface area contributed by atoms with Crippen molar-refractivity contribution in [2.75, 3.05) is 19.4 Å². The summed E-state index contributed by atoms with van der Waals surface area (Å²) in [5.74, 6) is 1.32. The molecule has 1 heterocycles. The number of nitrogens with one attached hydrogen (secondary N) is 1. The molecule has 2 aromatic rings. The van der Waals surface area contributed by atoms with Gasteiger partial charge in [0, 0.05) is 22.8 Å². The molecule has 0 saturated heterocycles. The van der Waals surface area contributed by atoms with E-state index in [0.29, 0.717) is 10.8 Å². The first-order valence-electron chi connectivity index (χ1n) is 6.91. The second kappa shape index (κ2) is 7.29. The molecule has 3 N–H and O–H groups in total. The van der Waals surface area contributed by atoms with E-state index in [1.165, 1.54) is 0 Å². The predicted octanol–water partition coefficient (Wildman–Crippen LogP) is 3.22. The molecule has 1 aromatic heterocycles. The molecule has 0 bridgehead atoms. The Morgan fingerprint density at radius 2 is 2.14 bits per heavy atom. The number of nitrogens with two attached hydrogens (primary N) is 1. The maximum Gasteiger partial charge on any atom is 0.125 e. The van der Waals surface area contributed by atoms with Gasteiger partial charge in [-0.25, -0.2) is 4.98 Å². The zero-order valence-electron chi connectivity index (χ0n) is 12.3. The van der Waals surface area contributed by atoms with Crippen LogP contribution in [0.2, 0.25) is 5.02 Å². The maximum absolute atomic E-state index is 6.03. The molecular weight excluding hydrogens is 286 g/mol. The molecule has 0 radical (unpaired) electrons. The highest BCUT2D eigenvalue weighted by molar-refractivity contribution is 6.30. The molecule has 4 nitrogen and oxygen atoms in total. The number of nitrogens with zero attached hydrogens (tertiary/aromatic N) is 1. The molecule has 1 atom stereocenters. The molecule has 0 fully saturated rings. The van der Waals surface area contributed by atoms with E-state index in [1.54, 1.807) is 13.3 Å². The lowest BCUT2D eigenvalue weighted by atomic mass is 9.98. The largest absolute Gasteiger partial charge is 0.496 e. The minimum atomic E-state index is 0.129. The lowest BCUT2D eigenvalue weighted by Crippen LogP contribution is -2.23. The van der Waals surface area contributed by atoms with Crippen LogP contribution in [-0.4, -0.2) is 18.6 Å². The molecule has 0 aliphatic rings. The number of anilines is 1. The minimum Gasteiger partial charge on any atom is -0.496 e. The Morgan fingerprint density at radius 3 is 2.81 bits per heavy atom. The molecule has 0 aliphatic carbocycles. The van der Waals surface area contributed by atoms with Crippen molar-refractivity contribution in [1.82, 2.24) is 10.3 Å². The smallest absolute Gasteiger partial charge is 0.125 e. The fourth-order valence-electron chi connectivity index (χ4n) is 2.37. The average Bonchev–Trinajstić information content (AvgIpc) is 2.47. The predicted molar refractivity (Wildman–Crippen MR) is 86.8 cm³/mol. The summed E-state index contributed by atoms with van der Waals surface area (Å²) >= 11 is 6.03. The topological polar surface area (TPSA) is 60.2 Å². The number of pyridine rings is 1. The summed E-state index contributed by atoms with van der Waals surface area (Å²) in [6.07, 6.45) is 2.53. The number of aromatic nitrogens is 1. The monoisotopic (exact) mass is 305 g/mol. The number of hydrogen-bond acceptors (Lipinski definition) is 4. The van der Waals surface area contributed by atoms with E-state index in [9.17, 15) is 0 Å². The average molecular weight is 306 g/mol. The van der Waals surface area contributed by atoms with Crippen molar-refractivity contribution in [3.05, 3.63) is 52.7 Å². The Balaban J connectivity index is 2.30. The van der Waals surface area contributed by atoms with Gasteiger partial charge in [0.25, 0.3) is 0 Å². The van der Waals surface area contributed by atoms with Crippen molar-refractivity contribution in [2.45, 2.75) is 19.4 Å². The number of rotatable bonds is 6. The summed E-state index contributed by atoms with van der Waals surface area (Å²) in [4.78, 5) is 4.03. The number of likely N-dealkylation sites (N-methyl/N-ethyl adjacent to an activating group) is 1. The van der Waals surface area contributed by atoms with Crippen LogP contribution in [0.5, 0.6) is 5.75 Å². The first-order valence-corrected chi connectivity index (χ1v) is 7.29. The van der Waals surface area contributed by atoms with Crippen LogP contribution in [0.1, 0.15) is 24.1 Å². The third-order valence-corrected chi connectivity index (χ3v) is 3.54. The van der Waals surface area contributed by atoms with Gasteiger partial charge in [0.2, 0.25) is 0 Å². The Kier molecular flexibility index (Phi) is 5.42. The van der Waals surface area contributed by atoms with E-state index in [4.69, 9.17) is 22.1 Å². The van der Waals surface area contributed by atoms with E-state index < -0.39 is 0 Å². The van der Waals surface area contributed by atoms with Crippen molar-refractivity contribution in [3.63, 3.8) is 0 Å². The Morgan fingerprint density at radius 1 is 1.33 bits per heavy atom. The van der Waals surface area contributed by atoms with E-state index in [-0.39, 0.29) is 6.04 Å². The van der Waals surface area contributed by atoms with Gasteiger partial charge in [0.1, 0.15) is 11.6 Å². The SMILES string of the molecule is CCNC(Cc1ccnc(N)c1)c1ccc(Cl)cc1OC. The lowest BCUT2D eigenvalue weighted by Gasteiger charge is -2.21. The molecule has 0 saturated carbocycles. The summed E-state index contributed by atoms with van der Waals surface area (Å²) in [6.45, 7) is 2.94. The molecule has 0 aliphatic heterocycles. The molecule has 0 spiro atoms. The zero-order chi connectivity index (χ0) is 15.2. The highest BCUT2D eigenvalue weighted by Gasteiger charge is 2.16. The Hall–Kier alpha value is -1.78. The Bertz CT molecular complexity index is 604. The fraction of sp³-hybridized carbons (Fsp3) is 0.312. The van der Waals surface area contributed by atoms with Crippen LogP contribution in [0.4, 0.5) is 5.82 Å². The van der Waals surface area contributed by atoms with Gasteiger partial charge >= 0.3 is 0 Å². The van der Waals surface area contributed by atoms with Gasteiger partial charge in [-0.05, 0) is 42.8 Å². The molecule has 1 unspecified atom stereocenters. The zero-order valence-corrected chi connectivity index (χ0v) is 13.0.